The fourth-order valence-electron chi connectivity index (χ4n) is 1.54. The van der Waals surface area contributed by atoms with Gasteiger partial charge in [-0.15, -0.1) is 5.10 Å². The Labute approximate surface area is 120 Å². The number of rotatable bonds is 3. The van der Waals surface area contributed by atoms with Crippen molar-refractivity contribution in [3.05, 3.63) is 41.0 Å². The number of aliphatic hydroxyl groups is 1. The zero-order valence-electron chi connectivity index (χ0n) is 11.2. The van der Waals surface area contributed by atoms with Crippen molar-refractivity contribution in [1.29, 1.82) is 0 Å². The van der Waals surface area contributed by atoms with Crippen LogP contribution in [-0.4, -0.2) is 27.8 Å². The molecule has 2 rings (SSSR count). The average molecular weight is 289 g/mol. The number of carbonyl (C=O) groups excluding carboxylic acids is 1. The number of carbonyl (C=O) groups is 1. The summed E-state index contributed by atoms with van der Waals surface area (Å²) in [6.07, 6.45) is 0.265. The first-order valence-electron chi connectivity index (χ1n) is 6.11. The van der Waals surface area contributed by atoms with Crippen LogP contribution in [-0.2, 0) is 0 Å². The summed E-state index contributed by atoms with van der Waals surface area (Å²) in [6, 6.07) is 3.60. The molecule has 7 heteroatoms. The quantitative estimate of drug-likeness (QED) is 0.836. The molecule has 2 aromatic rings. The number of halogens is 1. The van der Waals surface area contributed by atoms with E-state index in [1.807, 2.05) is 0 Å². The van der Waals surface area contributed by atoms with Crippen molar-refractivity contribution in [3.8, 4) is 11.8 Å². The van der Waals surface area contributed by atoms with Crippen LogP contribution in [0.2, 0.25) is 0 Å². The molecule has 2 N–H and O–H groups in total. The van der Waals surface area contributed by atoms with E-state index in [1.54, 1.807) is 6.92 Å². The number of nitrogens with zero attached hydrogens (tertiary/aromatic N) is 2. The number of aliphatic hydroxyl groups excluding tert-OH is 1. The molecule has 0 spiro atoms. The van der Waals surface area contributed by atoms with Crippen molar-refractivity contribution >= 4 is 11.9 Å². The molecule has 0 unspecified atom stereocenters. The molecule has 108 valence electrons. The van der Waals surface area contributed by atoms with E-state index >= 15 is 0 Å². The summed E-state index contributed by atoms with van der Waals surface area (Å²) in [5.74, 6) is 4.52. The molecule has 21 heavy (non-hydrogen) atoms. The Kier molecular flexibility index (Phi) is 4.64. The smallest absolute Gasteiger partial charge is 0.322 e. The first kappa shape index (κ1) is 14.7. The van der Waals surface area contributed by atoms with Crippen LogP contribution < -0.4 is 5.32 Å². The molecule has 1 aromatic carbocycles. The summed E-state index contributed by atoms with van der Waals surface area (Å²) in [7, 11) is 0. The predicted molar refractivity (Wildman–Crippen MR) is 72.0 cm³/mol. The van der Waals surface area contributed by atoms with Gasteiger partial charge in [-0.05, 0) is 18.2 Å². The Morgan fingerprint density at radius 2 is 2.29 bits per heavy atom. The maximum absolute atomic E-state index is 13.3. The normalized spacial score (nSPS) is 9.86. The Morgan fingerprint density at radius 1 is 1.48 bits per heavy atom. The van der Waals surface area contributed by atoms with Crippen LogP contribution in [0.5, 0.6) is 0 Å². The van der Waals surface area contributed by atoms with Crippen LogP contribution in [0.15, 0.2) is 22.6 Å². The van der Waals surface area contributed by atoms with Gasteiger partial charge in [-0.25, -0.2) is 4.39 Å². The third-order valence-electron chi connectivity index (χ3n) is 2.43. The predicted octanol–water partition coefficient (Wildman–Crippen LogP) is 1.50. The summed E-state index contributed by atoms with van der Waals surface area (Å²) in [5.41, 5.74) is 0.398. The summed E-state index contributed by atoms with van der Waals surface area (Å²) in [5, 5.41) is 18.3. The maximum atomic E-state index is 13.3. The van der Waals surface area contributed by atoms with Crippen molar-refractivity contribution in [2.24, 2.45) is 0 Å². The molecule has 1 aromatic heterocycles. The molecule has 1 heterocycles. The number of nitrogens with one attached hydrogen (secondary N) is 1. The number of amides is 1. The Hall–Kier alpha value is -2.72. The minimum absolute atomic E-state index is 0.0521. The Morgan fingerprint density at radius 3 is 2.95 bits per heavy atom. The summed E-state index contributed by atoms with van der Waals surface area (Å²) in [6.45, 7) is 1.49. The number of aromatic nitrogens is 2. The van der Waals surface area contributed by atoms with E-state index in [0.29, 0.717) is 11.5 Å². The third kappa shape index (κ3) is 3.87. The molecule has 1 amide bonds. The minimum Gasteiger partial charge on any atom is -0.408 e. The van der Waals surface area contributed by atoms with Gasteiger partial charge in [0.15, 0.2) is 0 Å². The maximum Gasteiger partial charge on any atom is 0.322 e. The first-order valence-corrected chi connectivity index (χ1v) is 6.11. The monoisotopic (exact) mass is 289 g/mol. The van der Waals surface area contributed by atoms with Crippen LogP contribution >= 0.6 is 0 Å². The van der Waals surface area contributed by atoms with Gasteiger partial charge >= 0.3 is 6.01 Å². The Balaban J connectivity index is 2.26. The molecule has 6 nitrogen and oxygen atoms in total. The highest BCUT2D eigenvalue weighted by molar-refractivity contribution is 6.04. The van der Waals surface area contributed by atoms with Crippen LogP contribution in [0, 0.1) is 24.6 Å². The van der Waals surface area contributed by atoms with Gasteiger partial charge in [0.1, 0.15) is 5.82 Å². The van der Waals surface area contributed by atoms with Crippen molar-refractivity contribution in [2.75, 3.05) is 11.9 Å². The highest BCUT2D eigenvalue weighted by atomic mass is 19.1. The lowest BCUT2D eigenvalue weighted by Crippen LogP contribution is -2.14. The molecule has 0 aliphatic carbocycles. The van der Waals surface area contributed by atoms with E-state index in [2.05, 4.69) is 27.4 Å². The molecular weight excluding hydrogens is 277 g/mol. The van der Waals surface area contributed by atoms with Gasteiger partial charge in [0.05, 0.1) is 12.2 Å². The van der Waals surface area contributed by atoms with Crippen LogP contribution in [0.25, 0.3) is 0 Å². The van der Waals surface area contributed by atoms with E-state index in [4.69, 9.17) is 9.52 Å². The highest BCUT2D eigenvalue weighted by Crippen LogP contribution is 2.13. The second kappa shape index (κ2) is 6.63. The molecule has 0 radical (unpaired) electrons. The van der Waals surface area contributed by atoms with Gasteiger partial charge in [-0.3, -0.25) is 10.1 Å². The number of benzene rings is 1. The zero-order chi connectivity index (χ0) is 15.2. The second-order valence-electron chi connectivity index (χ2n) is 4.05. The lowest BCUT2D eigenvalue weighted by Gasteiger charge is -2.04. The van der Waals surface area contributed by atoms with E-state index < -0.39 is 11.7 Å². The zero-order valence-corrected chi connectivity index (χ0v) is 11.2. The number of hydrogen-bond acceptors (Lipinski definition) is 5. The van der Waals surface area contributed by atoms with Crippen molar-refractivity contribution < 1.29 is 18.7 Å². The van der Waals surface area contributed by atoms with E-state index in [9.17, 15) is 9.18 Å². The summed E-state index contributed by atoms with van der Waals surface area (Å²) >= 11 is 0. The molecule has 0 fully saturated rings. The number of aryl methyl sites for hydroxylation is 1. The molecule has 0 aliphatic rings. The van der Waals surface area contributed by atoms with Gasteiger partial charge in [0, 0.05) is 18.9 Å². The highest BCUT2D eigenvalue weighted by Gasteiger charge is 2.14. The van der Waals surface area contributed by atoms with Crippen molar-refractivity contribution in [1.82, 2.24) is 10.2 Å². The van der Waals surface area contributed by atoms with Gasteiger partial charge in [-0.2, -0.15) is 0 Å². The summed E-state index contributed by atoms with van der Waals surface area (Å²) < 4.78 is 18.3. The number of anilines is 1. The van der Waals surface area contributed by atoms with Crippen molar-refractivity contribution in [3.63, 3.8) is 0 Å². The van der Waals surface area contributed by atoms with Gasteiger partial charge < -0.3 is 9.52 Å². The molecule has 0 bridgehead atoms. The first-order chi connectivity index (χ1) is 10.1. The molecule has 0 atom stereocenters. The topological polar surface area (TPSA) is 88.2 Å². The van der Waals surface area contributed by atoms with E-state index in [0.717, 1.165) is 6.07 Å². The fourth-order valence-corrected chi connectivity index (χ4v) is 1.54. The van der Waals surface area contributed by atoms with E-state index in [-0.39, 0.29) is 24.6 Å². The summed E-state index contributed by atoms with van der Waals surface area (Å²) in [4.78, 5) is 12.1. The van der Waals surface area contributed by atoms with Crippen LogP contribution in [0.1, 0.15) is 28.2 Å². The average Bonchev–Trinajstić information content (AvgIpc) is 2.86. The standard InChI is InChI=1S/C14H12FN3O3/c1-9-17-18-14(21-9)16-13(20)12-8-11(15)6-5-10(12)4-2-3-7-19/h5-6,8,19H,3,7H2,1H3,(H,16,18,20). The van der Waals surface area contributed by atoms with Crippen molar-refractivity contribution in [2.45, 2.75) is 13.3 Å². The van der Waals surface area contributed by atoms with Crippen LogP contribution in [0.4, 0.5) is 10.4 Å². The lowest BCUT2D eigenvalue weighted by atomic mass is 10.1. The minimum atomic E-state index is -0.605. The van der Waals surface area contributed by atoms with E-state index in [1.165, 1.54) is 12.1 Å². The lowest BCUT2D eigenvalue weighted by molar-refractivity contribution is 0.102. The third-order valence-corrected chi connectivity index (χ3v) is 2.43. The van der Waals surface area contributed by atoms with Gasteiger partial charge in [0.2, 0.25) is 5.89 Å². The van der Waals surface area contributed by atoms with Gasteiger partial charge in [0.25, 0.3) is 5.91 Å². The number of hydrogen-bond donors (Lipinski definition) is 2. The SMILES string of the molecule is Cc1nnc(NC(=O)c2cc(F)ccc2C#CCCO)o1. The second-order valence-corrected chi connectivity index (χ2v) is 4.05. The molecule has 0 aliphatic heterocycles. The fraction of sp³-hybridized carbons (Fsp3) is 0.214. The van der Waals surface area contributed by atoms with Gasteiger partial charge in [-0.1, -0.05) is 16.9 Å². The largest absolute Gasteiger partial charge is 0.408 e. The molecule has 0 saturated carbocycles. The molecule has 0 saturated heterocycles. The van der Waals surface area contributed by atoms with Crippen LogP contribution in [0.3, 0.4) is 0 Å². The Bertz CT molecular complexity index is 716. The molecular formula is C14H12FN3O3.